The van der Waals surface area contributed by atoms with Crippen LogP contribution in [0.2, 0.25) is 0 Å². The lowest BCUT2D eigenvalue weighted by atomic mass is 10.2. The molecule has 0 unspecified atom stereocenters. The summed E-state index contributed by atoms with van der Waals surface area (Å²) >= 11 is 0. The van der Waals surface area contributed by atoms with Crippen molar-refractivity contribution in [1.82, 2.24) is 5.32 Å². The van der Waals surface area contributed by atoms with Crippen LogP contribution in [0.5, 0.6) is 0 Å². The van der Waals surface area contributed by atoms with Gasteiger partial charge in [-0.1, -0.05) is 0 Å². The van der Waals surface area contributed by atoms with Gasteiger partial charge in [-0.3, -0.25) is 24.0 Å². The predicted octanol–water partition coefficient (Wildman–Crippen LogP) is -3.24. The van der Waals surface area contributed by atoms with E-state index in [1.165, 1.54) is 0 Å². The van der Waals surface area contributed by atoms with Gasteiger partial charge in [-0.05, 0) is 25.8 Å². The van der Waals surface area contributed by atoms with Gasteiger partial charge < -0.3 is 43.6 Å². The normalized spacial score (nSPS) is 17.2. The fraction of sp³-hybridized carbons (Fsp3) is 0.643. The minimum absolute atomic E-state index is 0.0213. The van der Waals surface area contributed by atoms with Gasteiger partial charge in [-0.15, -0.1) is 0 Å². The molecular formula is C14H27N5O8. The number of aliphatic carboxylic acids is 3. The van der Waals surface area contributed by atoms with E-state index in [1.807, 2.05) is 0 Å². The van der Waals surface area contributed by atoms with Crippen LogP contribution in [0, 0.1) is 0 Å². The molecule has 0 aromatic heterocycles. The number of amides is 2. The number of hydrogen-bond acceptors (Lipinski definition) is 8. The molecule has 0 saturated carbocycles. The number of rotatable bonds is 8. The van der Waals surface area contributed by atoms with Crippen molar-refractivity contribution in [3.05, 3.63) is 0 Å². The van der Waals surface area contributed by atoms with Gasteiger partial charge in [0, 0.05) is 6.42 Å². The van der Waals surface area contributed by atoms with E-state index in [1.54, 1.807) is 0 Å². The van der Waals surface area contributed by atoms with Gasteiger partial charge in [0.05, 0.1) is 6.42 Å². The van der Waals surface area contributed by atoms with Crippen LogP contribution in [0.25, 0.3) is 0 Å². The molecule has 1 fully saturated rings. The summed E-state index contributed by atoms with van der Waals surface area (Å²) in [7, 11) is 0. The molecule has 0 spiro atoms. The third kappa shape index (κ3) is 16.4. The summed E-state index contributed by atoms with van der Waals surface area (Å²) in [5, 5.41) is 27.5. The Kier molecular flexibility index (Phi) is 14.1. The van der Waals surface area contributed by atoms with Gasteiger partial charge in [-0.2, -0.15) is 0 Å². The van der Waals surface area contributed by atoms with E-state index in [0.717, 1.165) is 19.4 Å². The molecule has 1 rings (SSSR count). The number of hydrogen-bond donors (Lipinski definition) is 8. The molecule has 0 aromatic carbocycles. The van der Waals surface area contributed by atoms with E-state index in [9.17, 15) is 24.0 Å². The zero-order valence-electron chi connectivity index (χ0n) is 14.7. The maximum absolute atomic E-state index is 10.1. The maximum atomic E-state index is 10.1. The molecule has 1 saturated heterocycles. The van der Waals surface area contributed by atoms with E-state index in [0.29, 0.717) is 0 Å². The second kappa shape index (κ2) is 14.4. The van der Waals surface area contributed by atoms with Gasteiger partial charge in [0.25, 0.3) is 0 Å². The number of nitrogens with one attached hydrogen (secondary N) is 1. The van der Waals surface area contributed by atoms with Crippen LogP contribution in [0.1, 0.15) is 32.1 Å². The van der Waals surface area contributed by atoms with Crippen LogP contribution in [0.3, 0.4) is 0 Å². The van der Waals surface area contributed by atoms with Crippen molar-refractivity contribution in [1.29, 1.82) is 0 Å². The molecular weight excluding hydrogens is 366 g/mol. The molecule has 156 valence electrons. The average molecular weight is 393 g/mol. The van der Waals surface area contributed by atoms with E-state index in [-0.39, 0.29) is 25.3 Å². The van der Waals surface area contributed by atoms with Crippen LogP contribution in [0.15, 0.2) is 0 Å². The van der Waals surface area contributed by atoms with Gasteiger partial charge in [0.15, 0.2) is 0 Å². The lowest BCUT2D eigenvalue weighted by Crippen LogP contribution is -2.34. The summed E-state index contributed by atoms with van der Waals surface area (Å²) in [5.41, 5.74) is 19.4. The molecule has 13 heteroatoms. The monoisotopic (exact) mass is 393 g/mol. The lowest BCUT2D eigenvalue weighted by molar-refractivity contribution is -0.140. The molecule has 0 aliphatic carbocycles. The third-order valence-corrected chi connectivity index (χ3v) is 3.12. The van der Waals surface area contributed by atoms with Crippen molar-refractivity contribution >= 4 is 29.7 Å². The summed E-state index contributed by atoms with van der Waals surface area (Å²) < 4.78 is 0. The Balaban J connectivity index is 0. The third-order valence-electron chi connectivity index (χ3n) is 3.12. The standard InChI is InChI=1S/C5H10N2O3.C5H9NO2.C4H8N2O3/c6-3(5(9)10)1-2-4(7)8;7-5(8)4-2-1-3-6-4;5-2(4(8)9)1-3(6)7/h3H,1-2,6H2,(H2,7,8)(H,9,10);4,6H,1-3H2,(H,7,8);2H,1,5H2,(H2,6,7)(H,8,9)/t3-;4-;2-/m000/s1. The first kappa shape index (κ1) is 26.5. The average Bonchev–Trinajstić information content (AvgIpc) is 3.07. The summed E-state index contributed by atoms with van der Waals surface area (Å²) in [6, 6.07) is -2.41. The quantitative estimate of drug-likeness (QED) is 0.203. The van der Waals surface area contributed by atoms with Crippen LogP contribution in [0.4, 0.5) is 0 Å². The minimum Gasteiger partial charge on any atom is -0.480 e. The Hall–Kier alpha value is -2.77. The summed E-state index contributed by atoms with van der Waals surface area (Å²) in [6.45, 7) is 0.858. The zero-order chi connectivity index (χ0) is 21.6. The Labute approximate surface area is 155 Å². The Bertz CT molecular complexity index is 522. The first-order chi connectivity index (χ1) is 12.4. The van der Waals surface area contributed by atoms with Crippen LogP contribution in [-0.4, -0.2) is 69.7 Å². The van der Waals surface area contributed by atoms with E-state index in [4.69, 9.17) is 32.5 Å². The molecule has 1 aliphatic heterocycles. The van der Waals surface area contributed by atoms with Crippen LogP contribution < -0.4 is 28.3 Å². The highest BCUT2D eigenvalue weighted by Crippen LogP contribution is 2.03. The largest absolute Gasteiger partial charge is 0.480 e. The maximum Gasteiger partial charge on any atom is 0.321 e. The summed E-state index contributed by atoms with van der Waals surface area (Å²) in [6.07, 6.45) is 1.60. The molecule has 2 amide bonds. The van der Waals surface area contributed by atoms with E-state index >= 15 is 0 Å². The number of carbonyl (C=O) groups is 5. The van der Waals surface area contributed by atoms with Gasteiger partial charge in [-0.25, -0.2) is 0 Å². The van der Waals surface area contributed by atoms with Crippen molar-refractivity contribution in [2.24, 2.45) is 22.9 Å². The zero-order valence-corrected chi connectivity index (χ0v) is 14.7. The number of carboxylic acids is 3. The van der Waals surface area contributed by atoms with Crippen molar-refractivity contribution in [2.45, 2.75) is 50.2 Å². The van der Waals surface area contributed by atoms with Crippen molar-refractivity contribution < 1.29 is 39.3 Å². The molecule has 13 nitrogen and oxygen atoms in total. The molecule has 0 bridgehead atoms. The smallest absolute Gasteiger partial charge is 0.321 e. The highest BCUT2D eigenvalue weighted by molar-refractivity contribution is 5.83. The fourth-order valence-electron chi connectivity index (χ4n) is 1.62. The summed E-state index contributed by atoms with van der Waals surface area (Å²) in [4.78, 5) is 50.2. The molecule has 1 aliphatic rings. The van der Waals surface area contributed by atoms with Crippen molar-refractivity contribution in [3.8, 4) is 0 Å². The SMILES string of the molecule is NC(=O)CC[C@H](N)C(=O)O.NC(=O)C[C@H](N)C(=O)O.O=C(O)[C@@H]1CCCN1. The number of carboxylic acid groups (broad SMARTS) is 3. The van der Waals surface area contributed by atoms with E-state index in [2.05, 4.69) is 11.1 Å². The minimum atomic E-state index is -1.21. The fourth-order valence-corrected chi connectivity index (χ4v) is 1.62. The topological polar surface area (TPSA) is 262 Å². The Morgan fingerprint density at radius 1 is 0.926 bits per heavy atom. The second-order valence-corrected chi connectivity index (χ2v) is 5.55. The van der Waals surface area contributed by atoms with E-state index < -0.39 is 41.8 Å². The number of primary amides is 2. The van der Waals surface area contributed by atoms with Crippen molar-refractivity contribution in [3.63, 3.8) is 0 Å². The molecule has 12 N–H and O–H groups in total. The Morgan fingerprint density at radius 3 is 1.67 bits per heavy atom. The van der Waals surface area contributed by atoms with Gasteiger partial charge in [0.1, 0.15) is 18.1 Å². The predicted molar refractivity (Wildman–Crippen MR) is 92.1 cm³/mol. The molecule has 0 radical (unpaired) electrons. The second-order valence-electron chi connectivity index (χ2n) is 5.55. The van der Waals surface area contributed by atoms with Crippen LogP contribution in [-0.2, 0) is 24.0 Å². The van der Waals surface area contributed by atoms with Gasteiger partial charge >= 0.3 is 17.9 Å². The molecule has 27 heavy (non-hydrogen) atoms. The van der Waals surface area contributed by atoms with Gasteiger partial charge in [0.2, 0.25) is 11.8 Å². The number of nitrogens with two attached hydrogens (primary N) is 4. The highest BCUT2D eigenvalue weighted by Gasteiger charge is 2.20. The summed E-state index contributed by atoms with van der Waals surface area (Å²) in [5.74, 6) is -4.28. The number of carbonyl (C=O) groups excluding carboxylic acids is 2. The van der Waals surface area contributed by atoms with Crippen molar-refractivity contribution in [2.75, 3.05) is 6.54 Å². The Morgan fingerprint density at radius 2 is 1.44 bits per heavy atom. The highest BCUT2D eigenvalue weighted by atomic mass is 16.4. The first-order valence-corrected chi connectivity index (χ1v) is 7.88. The molecule has 3 atom stereocenters. The van der Waals surface area contributed by atoms with Crippen LogP contribution >= 0.6 is 0 Å². The molecule has 1 heterocycles. The molecule has 0 aromatic rings. The lowest BCUT2D eigenvalue weighted by Gasteiger charge is -2.01. The first-order valence-electron chi connectivity index (χ1n) is 7.88.